The molecule has 0 bridgehead atoms. The van der Waals surface area contributed by atoms with Gasteiger partial charge < -0.3 is 14.7 Å². The van der Waals surface area contributed by atoms with Gasteiger partial charge in [0.05, 0.1) is 0 Å². The summed E-state index contributed by atoms with van der Waals surface area (Å²) in [4.78, 5) is 6.78. The molecule has 0 saturated carbocycles. The van der Waals surface area contributed by atoms with Crippen molar-refractivity contribution in [3.63, 3.8) is 0 Å². The normalized spacial score (nSPS) is 15.3. The summed E-state index contributed by atoms with van der Waals surface area (Å²) < 4.78 is 5.22. The van der Waals surface area contributed by atoms with E-state index in [9.17, 15) is 0 Å². The van der Waals surface area contributed by atoms with Gasteiger partial charge in [0, 0.05) is 30.7 Å². The molecule has 0 radical (unpaired) electrons. The van der Waals surface area contributed by atoms with Gasteiger partial charge in [0.2, 0.25) is 0 Å². The van der Waals surface area contributed by atoms with Crippen molar-refractivity contribution in [1.82, 2.24) is 10.1 Å². The second kappa shape index (κ2) is 5.76. The molecular formula is C16H22N4O. The zero-order valence-corrected chi connectivity index (χ0v) is 12.8. The Hall–Kier alpha value is -2.04. The van der Waals surface area contributed by atoms with Gasteiger partial charge in [0.1, 0.15) is 0 Å². The zero-order chi connectivity index (χ0) is 14.8. The van der Waals surface area contributed by atoms with E-state index in [0.717, 1.165) is 25.3 Å². The molecule has 3 rings (SSSR count). The van der Waals surface area contributed by atoms with Gasteiger partial charge in [0.25, 0.3) is 0 Å². The van der Waals surface area contributed by atoms with Crippen LogP contribution in [0.25, 0.3) is 0 Å². The molecule has 1 unspecified atom stereocenters. The molecule has 0 saturated heterocycles. The van der Waals surface area contributed by atoms with Gasteiger partial charge in [-0.1, -0.05) is 37.2 Å². The van der Waals surface area contributed by atoms with E-state index in [4.69, 9.17) is 4.52 Å². The van der Waals surface area contributed by atoms with Crippen LogP contribution in [-0.4, -0.2) is 29.3 Å². The summed E-state index contributed by atoms with van der Waals surface area (Å²) in [6, 6.07) is 9.51. The Morgan fingerprint density at radius 1 is 1.29 bits per heavy atom. The van der Waals surface area contributed by atoms with Crippen LogP contribution in [0.2, 0.25) is 0 Å². The number of nitrogens with zero attached hydrogens (tertiary/aromatic N) is 3. The fourth-order valence-corrected chi connectivity index (χ4v) is 2.71. The highest BCUT2D eigenvalue weighted by atomic mass is 16.5. The molecule has 1 aliphatic heterocycles. The highest BCUT2D eigenvalue weighted by molar-refractivity contribution is 5.58. The Labute approximate surface area is 125 Å². The molecule has 0 aliphatic carbocycles. The Morgan fingerprint density at radius 3 is 2.86 bits per heavy atom. The topological polar surface area (TPSA) is 54.2 Å². The number of anilines is 2. The molecule has 5 nitrogen and oxygen atoms in total. The molecule has 1 aromatic heterocycles. The number of hydrogen-bond acceptors (Lipinski definition) is 5. The van der Waals surface area contributed by atoms with Crippen molar-refractivity contribution >= 4 is 11.7 Å². The van der Waals surface area contributed by atoms with Crippen LogP contribution in [0.15, 0.2) is 28.8 Å². The van der Waals surface area contributed by atoms with Crippen LogP contribution in [0.4, 0.5) is 11.7 Å². The predicted octanol–water partition coefficient (Wildman–Crippen LogP) is 3.06. The van der Waals surface area contributed by atoms with Gasteiger partial charge >= 0.3 is 6.01 Å². The van der Waals surface area contributed by atoms with Crippen LogP contribution >= 0.6 is 0 Å². The van der Waals surface area contributed by atoms with Gasteiger partial charge in [-0.2, -0.15) is 4.98 Å². The van der Waals surface area contributed by atoms with E-state index in [2.05, 4.69) is 65.4 Å². The predicted molar refractivity (Wildman–Crippen MR) is 83.8 cm³/mol. The molecule has 2 heterocycles. The lowest BCUT2D eigenvalue weighted by molar-refractivity contribution is 0.418. The molecule has 1 N–H and O–H groups in total. The number of benzene rings is 1. The summed E-state index contributed by atoms with van der Waals surface area (Å²) >= 11 is 0. The smallest absolute Gasteiger partial charge is 0.321 e. The standard InChI is InChI=1S/C16H22N4O/c1-11(2)15-18-16(21-19-15)17-10-12(3)20-9-8-13-6-4-5-7-14(13)20/h4-7,11-12H,8-10H2,1-3H3,(H,17,18,19). The molecular weight excluding hydrogens is 264 g/mol. The summed E-state index contributed by atoms with van der Waals surface area (Å²) in [5, 5.41) is 7.21. The first-order valence-electron chi connectivity index (χ1n) is 7.57. The van der Waals surface area contributed by atoms with Gasteiger partial charge in [-0.3, -0.25) is 0 Å². The highest BCUT2D eigenvalue weighted by Crippen LogP contribution is 2.29. The van der Waals surface area contributed by atoms with E-state index in [0.29, 0.717) is 12.1 Å². The van der Waals surface area contributed by atoms with Gasteiger partial charge in [-0.25, -0.2) is 0 Å². The second-order valence-corrected chi connectivity index (χ2v) is 5.91. The third-order valence-electron chi connectivity index (χ3n) is 3.96. The van der Waals surface area contributed by atoms with Crippen molar-refractivity contribution in [2.24, 2.45) is 0 Å². The Balaban J connectivity index is 1.61. The molecule has 5 heteroatoms. The maximum Gasteiger partial charge on any atom is 0.321 e. The molecule has 1 atom stereocenters. The maximum atomic E-state index is 5.22. The summed E-state index contributed by atoms with van der Waals surface area (Å²) in [6.07, 6.45) is 1.12. The summed E-state index contributed by atoms with van der Waals surface area (Å²) in [5.41, 5.74) is 2.78. The zero-order valence-electron chi connectivity index (χ0n) is 12.8. The van der Waals surface area contributed by atoms with Crippen molar-refractivity contribution in [3.8, 4) is 0 Å². The molecule has 0 fully saturated rings. The average molecular weight is 286 g/mol. The Bertz CT molecular complexity index is 608. The number of fused-ring (bicyclic) bond motifs is 1. The quantitative estimate of drug-likeness (QED) is 0.915. The first kappa shape index (κ1) is 13.9. The van der Waals surface area contributed by atoms with Crippen molar-refractivity contribution < 1.29 is 4.52 Å². The first-order chi connectivity index (χ1) is 10.1. The number of hydrogen-bond donors (Lipinski definition) is 1. The fourth-order valence-electron chi connectivity index (χ4n) is 2.71. The Kier molecular flexibility index (Phi) is 3.82. The van der Waals surface area contributed by atoms with Crippen LogP contribution in [0.5, 0.6) is 0 Å². The first-order valence-corrected chi connectivity index (χ1v) is 7.57. The maximum absolute atomic E-state index is 5.22. The van der Waals surface area contributed by atoms with E-state index in [1.165, 1.54) is 11.3 Å². The number of rotatable bonds is 5. The molecule has 21 heavy (non-hydrogen) atoms. The molecule has 1 aromatic carbocycles. The van der Waals surface area contributed by atoms with E-state index in [-0.39, 0.29) is 5.92 Å². The molecule has 1 aliphatic rings. The lowest BCUT2D eigenvalue weighted by Gasteiger charge is -2.27. The lowest BCUT2D eigenvalue weighted by atomic mass is 10.2. The fraction of sp³-hybridized carbons (Fsp3) is 0.500. The SMILES string of the molecule is CC(C)c1noc(NCC(C)N2CCc3ccccc32)n1. The number of para-hydroxylation sites is 1. The number of nitrogens with one attached hydrogen (secondary N) is 1. The van der Waals surface area contributed by atoms with Crippen LogP contribution in [0.3, 0.4) is 0 Å². The second-order valence-electron chi connectivity index (χ2n) is 5.91. The highest BCUT2D eigenvalue weighted by Gasteiger charge is 2.23. The molecule has 0 spiro atoms. The van der Waals surface area contributed by atoms with Crippen molar-refractivity contribution in [3.05, 3.63) is 35.7 Å². The van der Waals surface area contributed by atoms with E-state index >= 15 is 0 Å². The van der Waals surface area contributed by atoms with Crippen molar-refractivity contribution in [2.45, 2.75) is 39.2 Å². The van der Waals surface area contributed by atoms with Crippen LogP contribution in [0.1, 0.15) is 38.1 Å². The monoisotopic (exact) mass is 286 g/mol. The van der Waals surface area contributed by atoms with Gasteiger partial charge in [0.15, 0.2) is 5.82 Å². The summed E-state index contributed by atoms with van der Waals surface area (Å²) in [7, 11) is 0. The molecule has 2 aromatic rings. The number of aromatic nitrogens is 2. The van der Waals surface area contributed by atoms with Gasteiger partial charge in [-0.05, 0) is 25.0 Å². The third-order valence-corrected chi connectivity index (χ3v) is 3.96. The van der Waals surface area contributed by atoms with Gasteiger partial charge in [-0.15, -0.1) is 0 Å². The minimum Gasteiger partial charge on any atom is -0.366 e. The van der Waals surface area contributed by atoms with Crippen LogP contribution in [-0.2, 0) is 6.42 Å². The average Bonchev–Trinajstić information content (AvgIpc) is 3.11. The molecule has 0 amide bonds. The molecule has 112 valence electrons. The van der Waals surface area contributed by atoms with E-state index < -0.39 is 0 Å². The minimum absolute atomic E-state index is 0.284. The lowest BCUT2D eigenvalue weighted by Crippen LogP contribution is -2.36. The summed E-state index contributed by atoms with van der Waals surface area (Å²) in [5.74, 6) is 1.03. The Morgan fingerprint density at radius 2 is 2.10 bits per heavy atom. The van der Waals surface area contributed by atoms with Crippen LogP contribution < -0.4 is 10.2 Å². The largest absolute Gasteiger partial charge is 0.366 e. The third kappa shape index (κ3) is 2.86. The van der Waals surface area contributed by atoms with Crippen molar-refractivity contribution in [2.75, 3.05) is 23.3 Å². The summed E-state index contributed by atoms with van der Waals surface area (Å²) in [6.45, 7) is 8.18. The van der Waals surface area contributed by atoms with Crippen LogP contribution in [0, 0.1) is 0 Å². The van der Waals surface area contributed by atoms with E-state index in [1.54, 1.807) is 0 Å². The van der Waals surface area contributed by atoms with E-state index in [1.807, 2.05) is 0 Å². The minimum atomic E-state index is 0.284. The van der Waals surface area contributed by atoms with Crippen molar-refractivity contribution in [1.29, 1.82) is 0 Å².